The average molecular weight is 365 g/mol. The van der Waals surface area contributed by atoms with Gasteiger partial charge in [-0.2, -0.15) is 0 Å². The van der Waals surface area contributed by atoms with E-state index < -0.39 is 17.7 Å². The molecule has 2 aromatic carbocycles. The van der Waals surface area contributed by atoms with Gasteiger partial charge in [0.1, 0.15) is 11.3 Å². The van der Waals surface area contributed by atoms with Crippen LogP contribution >= 0.6 is 0 Å². The quantitative estimate of drug-likeness (QED) is 0.387. The minimum Gasteiger partial charge on any atom is -0.462 e. The Kier molecular flexibility index (Phi) is 5.07. The first-order chi connectivity index (χ1) is 13.0. The molecule has 0 radical (unpaired) electrons. The number of ketones is 1. The molecule has 6 heteroatoms. The molecular formula is C21H19NO5. The Balaban J connectivity index is 2.01. The highest BCUT2D eigenvalue weighted by Crippen LogP contribution is 2.33. The van der Waals surface area contributed by atoms with Gasteiger partial charge < -0.3 is 15.2 Å². The van der Waals surface area contributed by atoms with E-state index in [1.165, 1.54) is 12.1 Å². The first-order valence-electron chi connectivity index (χ1n) is 8.64. The summed E-state index contributed by atoms with van der Waals surface area (Å²) in [6.45, 7) is 3.90. The third kappa shape index (κ3) is 3.33. The molecule has 1 aliphatic rings. The summed E-state index contributed by atoms with van der Waals surface area (Å²) in [4.78, 5) is 37.0. The van der Waals surface area contributed by atoms with Gasteiger partial charge in [-0.15, -0.1) is 0 Å². The third-order valence-corrected chi connectivity index (χ3v) is 4.32. The Morgan fingerprint density at radius 2 is 1.70 bits per heavy atom. The molecule has 0 amide bonds. The van der Waals surface area contributed by atoms with Gasteiger partial charge in [0, 0.05) is 0 Å². The lowest BCUT2D eigenvalue weighted by Gasteiger charge is -2.20. The van der Waals surface area contributed by atoms with E-state index in [1.54, 1.807) is 31.2 Å². The summed E-state index contributed by atoms with van der Waals surface area (Å²) in [7, 11) is 0. The highest BCUT2D eigenvalue weighted by atomic mass is 16.5. The van der Waals surface area contributed by atoms with Crippen molar-refractivity contribution in [1.29, 1.82) is 0 Å². The number of esters is 2. The molecule has 138 valence electrons. The highest BCUT2D eigenvalue weighted by molar-refractivity contribution is 6.31. The largest absolute Gasteiger partial charge is 0.462 e. The Morgan fingerprint density at radius 1 is 1.04 bits per heavy atom. The molecular weight excluding hydrogens is 346 g/mol. The number of rotatable bonds is 4. The predicted octanol–water partition coefficient (Wildman–Crippen LogP) is 2.90. The van der Waals surface area contributed by atoms with Crippen molar-refractivity contribution >= 4 is 23.4 Å². The van der Waals surface area contributed by atoms with Crippen molar-refractivity contribution < 1.29 is 23.9 Å². The van der Waals surface area contributed by atoms with E-state index in [2.05, 4.69) is 0 Å². The second-order valence-corrected chi connectivity index (χ2v) is 5.95. The Labute approximate surface area is 156 Å². The lowest BCUT2D eigenvalue weighted by Crippen LogP contribution is -2.28. The number of benzene rings is 2. The van der Waals surface area contributed by atoms with Crippen molar-refractivity contribution in [3.8, 4) is 5.75 Å². The average Bonchev–Trinajstić information content (AvgIpc) is 2.67. The summed E-state index contributed by atoms with van der Waals surface area (Å²) in [5.74, 6) is -1.41. The summed E-state index contributed by atoms with van der Waals surface area (Å²) >= 11 is 0. The molecule has 0 aromatic heterocycles. The maximum Gasteiger partial charge on any atom is 0.349 e. The molecule has 0 saturated heterocycles. The second kappa shape index (κ2) is 7.45. The third-order valence-electron chi connectivity index (χ3n) is 4.32. The fraction of sp³-hybridized carbons (Fsp3) is 0.190. The zero-order valence-electron chi connectivity index (χ0n) is 15.1. The van der Waals surface area contributed by atoms with E-state index in [9.17, 15) is 14.4 Å². The van der Waals surface area contributed by atoms with E-state index in [0.717, 1.165) is 5.56 Å². The number of aryl methyl sites for hydroxylation is 1. The standard InChI is InChI=1S/C21H19NO5/c1-3-12-6-5-7-15-18(23)16(21(25)27-19(12)15)17(22)13-8-10-14(11-9-13)20(24)26-4-2/h5-11H,3-4,22H2,1-2H3/b17-16-. The van der Waals surface area contributed by atoms with Crippen LogP contribution < -0.4 is 10.5 Å². The van der Waals surface area contributed by atoms with Crippen LogP contribution in [0.3, 0.4) is 0 Å². The Hall–Kier alpha value is -3.41. The van der Waals surface area contributed by atoms with E-state index in [0.29, 0.717) is 28.9 Å². The molecule has 0 saturated carbocycles. The lowest BCUT2D eigenvalue weighted by molar-refractivity contribution is -0.130. The number of Topliss-reactive ketones (excluding diaryl/α,β-unsaturated/α-hetero) is 1. The first kappa shape index (κ1) is 18.4. The van der Waals surface area contributed by atoms with Gasteiger partial charge in [0.05, 0.1) is 23.4 Å². The molecule has 0 unspecified atom stereocenters. The number of hydrogen-bond acceptors (Lipinski definition) is 6. The number of nitrogens with two attached hydrogens (primary N) is 1. The molecule has 0 aliphatic carbocycles. The van der Waals surface area contributed by atoms with Gasteiger partial charge in [-0.25, -0.2) is 9.59 Å². The molecule has 1 aliphatic heterocycles. The van der Waals surface area contributed by atoms with E-state index in [4.69, 9.17) is 15.2 Å². The number of para-hydroxylation sites is 1. The fourth-order valence-corrected chi connectivity index (χ4v) is 2.91. The van der Waals surface area contributed by atoms with Crippen molar-refractivity contribution in [3.05, 3.63) is 70.3 Å². The van der Waals surface area contributed by atoms with Crippen LogP contribution in [0, 0.1) is 0 Å². The predicted molar refractivity (Wildman–Crippen MR) is 99.3 cm³/mol. The van der Waals surface area contributed by atoms with Crippen LogP contribution in [0.2, 0.25) is 0 Å². The van der Waals surface area contributed by atoms with E-state index in [-0.39, 0.29) is 17.9 Å². The number of carbonyl (C=O) groups is 3. The maximum atomic E-state index is 12.9. The molecule has 0 fully saturated rings. The fourth-order valence-electron chi connectivity index (χ4n) is 2.91. The molecule has 27 heavy (non-hydrogen) atoms. The molecule has 1 heterocycles. The molecule has 0 bridgehead atoms. The minimum absolute atomic E-state index is 0.00737. The highest BCUT2D eigenvalue weighted by Gasteiger charge is 2.34. The summed E-state index contributed by atoms with van der Waals surface area (Å²) in [6.07, 6.45) is 0.633. The van der Waals surface area contributed by atoms with Crippen LogP contribution in [-0.2, 0) is 16.0 Å². The maximum absolute atomic E-state index is 12.9. The topological polar surface area (TPSA) is 95.7 Å². The number of fused-ring (bicyclic) bond motifs is 1. The van der Waals surface area contributed by atoms with Crippen molar-refractivity contribution in [2.24, 2.45) is 5.73 Å². The zero-order chi connectivity index (χ0) is 19.6. The van der Waals surface area contributed by atoms with Gasteiger partial charge in [0.2, 0.25) is 5.78 Å². The van der Waals surface area contributed by atoms with Gasteiger partial charge in [0.15, 0.2) is 0 Å². The number of ether oxygens (including phenoxy) is 2. The van der Waals surface area contributed by atoms with Crippen molar-refractivity contribution in [2.75, 3.05) is 6.61 Å². The molecule has 0 spiro atoms. The van der Waals surface area contributed by atoms with Crippen LogP contribution in [0.5, 0.6) is 5.75 Å². The smallest absolute Gasteiger partial charge is 0.349 e. The van der Waals surface area contributed by atoms with Crippen LogP contribution in [0.4, 0.5) is 0 Å². The normalized spacial score (nSPS) is 15.0. The Morgan fingerprint density at radius 3 is 2.33 bits per heavy atom. The molecule has 0 atom stereocenters. The van der Waals surface area contributed by atoms with Crippen molar-refractivity contribution in [2.45, 2.75) is 20.3 Å². The summed E-state index contributed by atoms with van der Waals surface area (Å²) < 4.78 is 10.3. The van der Waals surface area contributed by atoms with Crippen LogP contribution in [0.25, 0.3) is 5.70 Å². The SMILES string of the molecule is CCOC(=O)c1ccc(/C(N)=C2/C(=O)Oc3c(CC)cccc3C2=O)cc1. The summed E-state index contributed by atoms with van der Waals surface area (Å²) in [5.41, 5.74) is 7.80. The van der Waals surface area contributed by atoms with E-state index >= 15 is 0 Å². The minimum atomic E-state index is -0.777. The summed E-state index contributed by atoms with van der Waals surface area (Å²) in [5, 5.41) is 0. The Bertz CT molecular complexity index is 957. The van der Waals surface area contributed by atoms with Gasteiger partial charge in [0.25, 0.3) is 0 Å². The van der Waals surface area contributed by atoms with Crippen LogP contribution in [0.15, 0.2) is 48.0 Å². The lowest BCUT2D eigenvalue weighted by atomic mass is 9.93. The molecule has 6 nitrogen and oxygen atoms in total. The number of hydrogen-bond donors (Lipinski definition) is 1. The van der Waals surface area contributed by atoms with Gasteiger partial charge in [-0.1, -0.05) is 31.2 Å². The first-order valence-corrected chi connectivity index (χ1v) is 8.64. The van der Waals surface area contributed by atoms with Gasteiger partial charge in [-0.3, -0.25) is 4.79 Å². The van der Waals surface area contributed by atoms with Crippen molar-refractivity contribution in [3.63, 3.8) is 0 Å². The molecule has 3 rings (SSSR count). The van der Waals surface area contributed by atoms with E-state index in [1.807, 2.05) is 13.0 Å². The zero-order valence-corrected chi connectivity index (χ0v) is 15.1. The molecule has 2 N–H and O–H groups in total. The molecule has 2 aromatic rings. The van der Waals surface area contributed by atoms with Crippen LogP contribution in [-0.4, -0.2) is 24.3 Å². The van der Waals surface area contributed by atoms with Gasteiger partial charge in [-0.05, 0) is 42.7 Å². The summed E-state index contributed by atoms with van der Waals surface area (Å²) in [6, 6.07) is 11.4. The monoisotopic (exact) mass is 365 g/mol. The van der Waals surface area contributed by atoms with Crippen molar-refractivity contribution in [1.82, 2.24) is 0 Å². The van der Waals surface area contributed by atoms with Crippen LogP contribution in [0.1, 0.15) is 45.7 Å². The second-order valence-electron chi connectivity index (χ2n) is 5.95. The number of carbonyl (C=O) groups excluding carboxylic acids is 3. The van der Waals surface area contributed by atoms with Gasteiger partial charge >= 0.3 is 11.9 Å².